The molecule has 0 aliphatic rings. The Morgan fingerprint density at radius 3 is 1.91 bits per heavy atom. The molecule has 0 aromatic rings. The number of unbranched alkanes of at least 4 members (excludes halogenated alkanes) is 7. The fraction of sp³-hybridized carbons (Fsp3) is 0.947. The Balaban J connectivity index is -0.00000200. The quantitative estimate of drug-likeness (QED) is 0.172. The van der Waals surface area contributed by atoms with Gasteiger partial charge in [-0.05, 0) is 12.8 Å². The van der Waals surface area contributed by atoms with E-state index in [1.54, 1.807) is 0 Å². The topological polar surface area (TPSA) is 18.5 Å². The smallest absolute Gasteiger partial charge is 1.00 e. The first kappa shape index (κ1) is 28.8. The van der Waals surface area contributed by atoms with Crippen LogP contribution in [0.5, 0.6) is 0 Å². The molecule has 136 valence electrons. The average molecular weight is 359 g/mol. The summed E-state index contributed by atoms with van der Waals surface area (Å²) in [7, 11) is 0. The molecule has 1 atom stereocenters. The zero-order valence-electron chi connectivity index (χ0n) is 16.0. The summed E-state index contributed by atoms with van der Waals surface area (Å²) >= 11 is 0. The van der Waals surface area contributed by atoms with E-state index >= 15 is 0 Å². The Hall–Kier alpha value is 0.976. The molecule has 0 amide bonds. The van der Waals surface area contributed by atoms with Crippen molar-refractivity contribution in [2.45, 2.75) is 91.4 Å². The van der Waals surface area contributed by atoms with Crippen LogP contribution < -0.4 is 12.4 Å². The molecule has 4 heteroatoms. The zero-order valence-corrected chi connectivity index (χ0v) is 18.1. The van der Waals surface area contributed by atoms with Gasteiger partial charge in [0.2, 0.25) is 0 Å². The molecule has 23 heavy (non-hydrogen) atoms. The van der Waals surface area contributed by atoms with Gasteiger partial charge in [-0.3, -0.25) is 0 Å². The molecule has 0 N–H and O–H groups in total. The van der Waals surface area contributed by atoms with E-state index in [0.29, 0.717) is 6.79 Å². The minimum atomic E-state index is 0. The molecule has 0 saturated carbocycles. The first-order valence-electron chi connectivity index (χ1n) is 9.24. The van der Waals surface area contributed by atoms with E-state index in [0.717, 1.165) is 25.6 Å². The van der Waals surface area contributed by atoms with Crippen molar-refractivity contribution in [3.63, 3.8) is 0 Å². The summed E-state index contributed by atoms with van der Waals surface area (Å²) in [4.78, 5) is 0. The Labute approximate surface area is 168 Å². The molecule has 0 saturated heterocycles. The molecule has 0 aliphatic carbocycles. The molecule has 2 nitrogen and oxygen atoms in total. The Morgan fingerprint density at radius 1 is 0.826 bits per heavy atom. The van der Waals surface area contributed by atoms with Crippen LogP contribution in [0, 0.1) is 12.3 Å². The second-order valence-electron chi connectivity index (χ2n) is 6.30. The van der Waals surface area contributed by atoms with E-state index in [-0.39, 0.29) is 35.5 Å². The van der Waals surface area contributed by atoms with Crippen LogP contribution in [0.3, 0.4) is 0 Å². The third-order valence-electron chi connectivity index (χ3n) is 3.93. The fourth-order valence-corrected chi connectivity index (χ4v) is 2.57. The molecule has 0 aromatic carbocycles. The van der Waals surface area contributed by atoms with Crippen molar-refractivity contribution in [1.82, 2.24) is 0 Å². The Bertz CT molecular complexity index is 194. The van der Waals surface area contributed by atoms with E-state index in [1.807, 2.05) is 0 Å². The van der Waals surface area contributed by atoms with Crippen LogP contribution in [0.4, 0.5) is 0 Å². The molecule has 0 aliphatic heterocycles. The van der Waals surface area contributed by atoms with Gasteiger partial charge >= 0.3 is 23.1 Å². The van der Waals surface area contributed by atoms with Crippen molar-refractivity contribution in [2.24, 2.45) is 5.92 Å². The molecular formula is C19H39ClMgO2. The summed E-state index contributed by atoms with van der Waals surface area (Å²) in [6.45, 7) is 8.88. The number of hydrogen-bond donors (Lipinski definition) is 0. The van der Waals surface area contributed by atoms with Gasteiger partial charge in [0.15, 0.2) is 0 Å². The van der Waals surface area contributed by atoms with Crippen molar-refractivity contribution < 1.29 is 21.9 Å². The van der Waals surface area contributed by atoms with E-state index < -0.39 is 0 Å². The average Bonchev–Trinajstić information content (AvgIpc) is 2.48. The third-order valence-corrected chi connectivity index (χ3v) is 3.93. The van der Waals surface area contributed by atoms with Gasteiger partial charge < -0.3 is 28.3 Å². The van der Waals surface area contributed by atoms with E-state index in [2.05, 4.69) is 27.2 Å². The molecule has 1 unspecified atom stereocenters. The third kappa shape index (κ3) is 25.3. The molecule has 0 bridgehead atoms. The van der Waals surface area contributed by atoms with Crippen LogP contribution >= 0.6 is 0 Å². The van der Waals surface area contributed by atoms with E-state index in [4.69, 9.17) is 9.47 Å². The van der Waals surface area contributed by atoms with Crippen LogP contribution in [0.15, 0.2) is 0 Å². The van der Waals surface area contributed by atoms with Crippen molar-refractivity contribution in [3.05, 3.63) is 6.42 Å². The van der Waals surface area contributed by atoms with E-state index in [9.17, 15) is 0 Å². The normalized spacial score (nSPS) is 11.6. The van der Waals surface area contributed by atoms with Gasteiger partial charge in [-0.2, -0.15) is 13.3 Å². The first-order chi connectivity index (χ1) is 10.3. The van der Waals surface area contributed by atoms with E-state index in [1.165, 1.54) is 64.2 Å². The SMILES string of the molecule is C[CH-]CC(C)CCCOCOCCCCCCCCCC.[Cl-].[Mg+2]. The second kappa shape index (κ2) is 25.2. The van der Waals surface area contributed by atoms with Crippen molar-refractivity contribution in [2.75, 3.05) is 20.0 Å². The standard InChI is InChI=1S/C19H39O2.ClH.Mg/c1-4-6-7-8-9-10-11-12-16-20-18-21-17-13-15-19(3)14-5-2;;/h5,19H,4,6-18H2,1-3H3;1H;/q-1;;+2/p-1. The van der Waals surface area contributed by atoms with Crippen LogP contribution in [-0.4, -0.2) is 43.1 Å². The van der Waals surface area contributed by atoms with Crippen LogP contribution in [0.25, 0.3) is 0 Å². The van der Waals surface area contributed by atoms with Crippen molar-refractivity contribution in [1.29, 1.82) is 0 Å². The van der Waals surface area contributed by atoms with Crippen molar-refractivity contribution in [3.8, 4) is 0 Å². The maximum atomic E-state index is 5.50. The summed E-state index contributed by atoms with van der Waals surface area (Å²) in [5.41, 5.74) is 0. The van der Waals surface area contributed by atoms with Gasteiger partial charge in [0.25, 0.3) is 0 Å². The summed E-state index contributed by atoms with van der Waals surface area (Å²) in [5.74, 6) is 0.789. The van der Waals surface area contributed by atoms with Crippen molar-refractivity contribution >= 4 is 23.1 Å². The van der Waals surface area contributed by atoms with Crippen LogP contribution in [0.1, 0.15) is 91.4 Å². The van der Waals surface area contributed by atoms with Crippen LogP contribution in [0.2, 0.25) is 0 Å². The van der Waals surface area contributed by atoms with Gasteiger partial charge in [-0.25, -0.2) is 0 Å². The molecular weight excluding hydrogens is 320 g/mol. The largest absolute Gasteiger partial charge is 2.00 e. The van der Waals surface area contributed by atoms with Gasteiger partial charge in [0, 0.05) is 13.2 Å². The van der Waals surface area contributed by atoms with Gasteiger partial charge in [0.05, 0.1) is 0 Å². The maximum absolute atomic E-state index is 5.50. The Morgan fingerprint density at radius 2 is 1.35 bits per heavy atom. The van der Waals surface area contributed by atoms with Gasteiger partial charge in [-0.1, -0.05) is 71.1 Å². The van der Waals surface area contributed by atoms with Crippen LogP contribution in [-0.2, 0) is 9.47 Å². The summed E-state index contributed by atoms with van der Waals surface area (Å²) in [6.07, 6.45) is 16.7. The molecule has 0 spiro atoms. The summed E-state index contributed by atoms with van der Waals surface area (Å²) in [5, 5.41) is 0. The minimum Gasteiger partial charge on any atom is -1.00 e. The monoisotopic (exact) mass is 358 g/mol. The molecule has 0 aromatic heterocycles. The summed E-state index contributed by atoms with van der Waals surface area (Å²) in [6, 6.07) is 0. The minimum absolute atomic E-state index is 0. The second-order valence-corrected chi connectivity index (χ2v) is 6.30. The molecule has 0 rings (SSSR count). The zero-order chi connectivity index (χ0) is 15.6. The number of halogens is 1. The molecule has 0 radical (unpaired) electrons. The molecule has 0 fully saturated rings. The fourth-order valence-electron chi connectivity index (χ4n) is 2.57. The Kier molecular flexibility index (Phi) is 31.5. The number of ether oxygens (including phenoxy) is 2. The summed E-state index contributed by atoms with van der Waals surface area (Å²) < 4.78 is 11.0. The number of hydrogen-bond acceptors (Lipinski definition) is 2. The van der Waals surface area contributed by atoms with Gasteiger partial charge in [0.1, 0.15) is 6.79 Å². The van der Waals surface area contributed by atoms with Gasteiger partial charge in [-0.15, -0.1) is 0 Å². The maximum Gasteiger partial charge on any atom is 2.00 e. The number of rotatable bonds is 17. The molecule has 0 heterocycles. The predicted molar refractivity (Wildman–Crippen MR) is 98.1 cm³/mol. The first-order valence-corrected chi connectivity index (χ1v) is 9.24. The predicted octanol–water partition coefficient (Wildman–Crippen LogP) is 2.77.